The van der Waals surface area contributed by atoms with Crippen LogP contribution in [-0.2, 0) is 4.74 Å². The van der Waals surface area contributed by atoms with Crippen LogP contribution in [0.3, 0.4) is 0 Å². The highest BCUT2D eigenvalue weighted by Gasteiger charge is 2.39. The van der Waals surface area contributed by atoms with E-state index in [9.17, 15) is 5.11 Å². The average Bonchev–Trinajstić information content (AvgIpc) is 2.86. The van der Waals surface area contributed by atoms with Gasteiger partial charge in [0.2, 0.25) is 0 Å². The molecule has 0 bridgehead atoms. The Balaban J connectivity index is 1.97. The number of ether oxygens (including phenoxy) is 1. The Morgan fingerprint density at radius 1 is 1.50 bits per heavy atom. The van der Waals surface area contributed by atoms with Crippen LogP contribution in [0.4, 0.5) is 0 Å². The smallest absolute Gasteiger partial charge is 0.0731 e. The zero-order chi connectivity index (χ0) is 13.2. The largest absolute Gasteiger partial charge is 0.394 e. The highest BCUT2D eigenvalue weighted by Crippen LogP contribution is 2.32. The molecule has 1 aliphatic carbocycles. The first-order valence-electron chi connectivity index (χ1n) is 7.27. The summed E-state index contributed by atoms with van der Waals surface area (Å²) in [5, 5.41) is 12.8. The van der Waals surface area contributed by atoms with Gasteiger partial charge in [-0.25, -0.2) is 0 Å². The molecule has 1 saturated heterocycles. The summed E-state index contributed by atoms with van der Waals surface area (Å²) in [6.07, 6.45) is 5.21. The fourth-order valence-electron chi connectivity index (χ4n) is 3.52. The molecule has 0 radical (unpaired) electrons. The van der Waals surface area contributed by atoms with Crippen molar-refractivity contribution in [2.24, 2.45) is 0 Å². The SMILES string of the molecule is CNC(C)(CO)CC(C)N1CCOC2CCCC21. The molecule has 4 heteroatoms. The van der Waals surface area contributed by atoms with Crippen molar-refractivity contribution in [3.05, 3.63) is 0 Å². The van der Waals surface area contributed by atoms with Crippen molar-refractivity contribution in [2.45, 2.75) is 63.3 Å². The molecule has 4 nitrogen and oxygen atoms in total. The molecule has 18 heavy (non-hydrogen) atoms. The standard InChI is InChI=1S/C14H28N2O2/c1-11(9-14(2,10-17)15-3)16-7-8-18-13-6-4-5-12(13)16/h11-13,15,17H,4-10H2,1-3H3. The van der Waals surface area contributed by atoms with E-state index in [2.05, 4.69) is 24.1 Å². The van der Waals surface area contributed by atoms with Gasteiger partial charge in [0.1, 0.15) is 0 Å². The zero-order valence-electron chi connectivity index (χ0n) is 12.0. The molecule has 2 fully saturated rings. The molecular weight excluding hydrogens is 228 g/mol. The Hall–Kier alpha value is -0.160. The number of nitrogens with zero attached hydrogens (tertiary/aromatic N) is 1. The van der Waals surface area contributed by atoms with Crippen LogP contribution in [0.15, 0.2) is 0 Å². The highest BCUT2D eigenvalue weighted by atomic mass is 16.5. The minimum absolute atomic E-state index is 0.175. The predicted molar refractivity (Wildman–Crippen MR) is 72.7 cm³/mol. The van der Waals surface area contributed by atoms with Gasteiger partial charge in [0, 0.05) is 24.2 Å². The van der Waals surface area contributed by atoms with Crippen LogP contribution in [-0.4, -0.2) is 60.5 Å². The first-order valence-corrected chi connectivity index (χ1v) is 7.27. The number of likely N-dealkylation sites (N-methyl/N-ethyl adjacent to an activating group) is 1. The number of aliphatic hydroxyl groups excluding tert-OH is 1. The molecule has 4 atom stereocenters. The van der Waals surface area contributed by atoms with E-state index in [1.807, 2.05) is 7.05 Å². The lowest BCUT2D eigenvalue weighted by Crippen LogP contribution is -2.56. The Morgan fingerprint density at radius 2 is 2.28 bits per heavy atom. The van der Waals surface area contributed by atoms with Gasteiger partial charge in [0.05, 0.1) is 19.3 Å². The van der Waals surface area contributed by atoms with Crippen LogP contribution in [0, 0.1) is 0 Å². The van der Waals surface area contributed by atoms with Crippen molar-refractivity contribution >= 4 is 0 Å². The molecule has 2 aliphatic rings. The van der Waals surface area contributed by atoms with Crippen molar-refractivity contribution < 1.29 is 9.84 Å². The van der Waals surface area contributed by atoms with E-state index in [4.69, 9.17) is 4.74 Å². The summed E-state index contributed by atoms with van der Waals surface area (Å²) in [5.41, 5.74) is -0.175. The molecule has 0 aromatic heterocycles. The summed E-state index contributed by atoms with van der Waals surface area (Å²) in [5.74, 6) is 0. The summed E-state index contributed by atoms with van der Waals surface area (Å²) in [7, 11) is 1.93. The second-order valence-corrected chi connectivity index (χ2v) is 6.17. The summed E-state index contributed by atoms with van der Waals surface area (Å²) >= 11 is 0. The van der Waals surface area contributed by atoms with Crippen molar-refractivity contribution in [3.8, 4) is 0 Å². The second kappa shape index (κ2) is 5.87. The van der Waals surface area contributed by atoms with Crippen LogP contribution in [0.2, 0.25) is 0 Å². The molecule has 2 N–H and O–H groups in total. The van der Waals surface area contributed by atoms with Crippen molar-refractivity contribution in [1.82, 2.24) is 10.2 Å². The highest BCUT2D eigenvalue weighted by molar-refractivity contribution is 4.94. The van der Waals surface area contributed by atoms with Gasteiger partial charge >= 0.3 is 0 Å². The Morgan fingerprint density at radius 3 is 2.94 bits per heavy atom. The fraction of sp³-hybridized carbons (Fsp3) is 1.00. The Labute approximate surface area is 111 Å². The fourth-order valence-corrected chi connectivity index (χ4v) is 3.52. The van der Waals surface area contributed by atoms with Gasteiger partial charge in [-0.2, -0.15) is 0 Å². The molecule has 4 unspecified atom stereocenters. The number of aliphatic hydroxyl groups is 1. The van der Waals surface area contributed by atoms with Crippen LogP contribution < -0.4 is 5.32 Å². The van der Waals surface area contributed by atoms with Crippen molar-refractivity contribution in [3.63, 3.8) is 0 Å². The maximum Gasteiger partial charge on any atom is 0.0731 e. The number of hydrogen-bond donors (Lipinski definition) is 2. The first kappa shape index (κ1) is 14.3. The lowest BCUT2D eigenvalue weighted by molar-refractivity contribution is -0.0739. The van der Waals surface area contributed by atoms with E-state index in [0.717, 1.165) is 19.6 Å². The molecule has 1 saturated carbocycles. The molecule has 0 aromatic carbocycles. The topological polar surface area (TPSA) is 44.7 Å². The molecule has 1 heterocycles. The van der Waals surface area contributed by atoms with E-state index >= 15 is 0 Å². The number of rotatable bonds is 5. The Kier molecular flexibility index (Phi) is 4.64. The molecule has 0 amide bonds. The average molecular weight is 256 g/mol. The second-order valence-electron chi connectivity index (χ2n) is 6.17. The van der Waals surface area contributed by atoms with Gasteiger partial charge in [0.25, 0.3) is 0 Å². The first-order chi connectivity index (χ1) is 8.59. The van der Waals surface area contributed by atoms with E-state index < -0.39 is 0 Å². The summed E-state index contributed by atoms with van der Waals surface area (Å²) in [6, 6.07) is 1.10. The minimum atomic E-state index is -0.175. The number of fused-ring (bicyclic) bond motifs is 1. The van der Waals surface area contributed by atoms with Crippen LogP contribution in [0.1, 0.15) is 39.5 Å². The Bertz CT molecular complexity index is 269. The number of nitrogens with one attached hydrogen (secondary N) is 1. The summed E-state index contributed by atoms with van der Waals surface area (Å²) in [6.45, 7) is 6.46. The van der Waals surface area contributed by atoms with Crippen molar-refractivity contribution in [1.29, 1.82) is 0 Å². The molecule has 0 spiro atoms. The third-order valence-electron chi connectivity index (χ3n) is 4.79. The monoisotopic (exact) mass is 256 g/mol. The normalized spacial score (nSPS) is 34.0. The van der Waals surface area contributed by atoms with Gasteiger partial charge < -0.3 is 15.2 Å². The lowest BCUT2D eigenvalue weighted by atomic mass is 9.92. The third-order valence-corrected chi connectivity index (χ3v) is 4.79. The predicted octanol–water partition coefficient (Wildman–Crippen LogP) is 0.989. The zero-order valence-corrected chi connectivity index (χ0v) is 12.0. The quantitative estimate of drug-likeness (QED) is 0.770. The van der Waals surface area contributed by atoms with Crippen LogP contribution in [0.5, 0.6) is 0 Å². The third kappa shape index (κ3) is 2.87. The van der Waals surface area contributed by atoms with Crippen LogP contribution >= 0.6 is 0 Å². The van der Waals surface area contributed by atoms with E-state index in [1.165, 1.54) is 19.3 Å². The molecule has 106 valence electrons. The lowest BCUT2D eigenvalue weighted by Gasteiger charge is -2.44. The van der Waals surface area contributed by atoms with Crippen molar-refractivity contribution in [2.75, 3.05) is 26.8 Å². The molecule has 1 aliphatic heterocycles. The maximum atomic E-state index is 9.51. The number of morpholine rings is 1. The van der Waals surface area contributed by atoms with Crippen LogP contribution in [0.25, 0.3) is 0 Å². The minimum Gasteiger partial charge on any atom is -0.394 e. The molecular formula is C14H28N2O2. The summed E-state index contributed by atoms with van der Waals surface area (Å²) in [4.78, 5) is 2.60. The van der Waals surface area contributed by atoms with Gasteiger partial charge in [-0.1, -0.05) is 0 Å². The maximum absolute atomic E-state index is 9.51. The number of hydrogen-bond acceptors (Lipinski definition) is 4. The molecule has 0 aromatic rings. The van der Waals surface area contributed by atoms with Gasteiger partial charge in [0.15, 0.2) is 0 Å². The summed E-state index contributed by atoms with van der Waals surface area (Å²) < 4.78 is 5.86. The molecule has 2 rings (SSSR count). The van der Waals surface area contributed by atoms with E-state index in [1.54, 1.807) is 0 Å². The van der Waals surface area contributed by atoms with Gasteiger partial charge in [-0.05, 0) is 46.6 Å². The van der Waals surface area contributed by atoms with Gasteiger partial charge in [-0.3, -0.25) is 4.90 Å². The van der Waals surface area contributed by atoms with E-state index in [-0.39, 0.29) is 12.1 Å². The van der Waals surface area contributed by atoms with Gasteiger partial charge in [-0.15, -0.1) is 0 Å². The van der Waals surface area contributed by atoms with E-state index in [0.29, 0.717) is 18.2 Å².